The van der Waals surface area contributed by atoms with Gasteiger partial charge in [0.15, 0.2) is 17.4 Å². The molecule has 0 bridgehead atoms. The molecule has 1 rings (SSSR count). The van der Waals surface area contributed by atoms with Crippen molar-refractivity contribution in [2.45, 2.75) is 6.42 Å². The summed E-state index contributed by atoms with van der Waals surface area (Å²) in [7, 11) is 2.46. The molecule has 18 heavy (non-hydrogen) atoms. The number of hydrogen-bond donors (Lipinski definition) is 1. The second-order valence-corrected chi connectivity index (χ2v) is 3.06. The third-order valence-corrected chi connectivity index (χ3v) is 1.95. The van der Waals surface area contributed by atoms with Gasteiger partial charge in [-0.05, 0) is 6.07 Å². The lowest BCUT2D eigenvalue weighted by molar-refractivity contribution is -0.117. The van der Waals surface area contributed by atoms with Crippen molar-refractivity contribution in [2.24, 2.45) is 0 Å². The van der Waals surface area contributed by atoms with Gasteiger partial charge in [-0.3, -0.25) is 4.79 Å². The SMILES string of the molecule is COC(=O)c1ccnn1NC(=O)CC(=C=O)OC. The van der Waals surface area contributed by atoms with Gasteiger partial charge in [0.2, 0.25) is 5.91 Å². The molecular formula is C10H11N3O5. The first kappa shape index (κ1) is 13.5. The number of hydrogen-bond acceptors (Lipinski definition) is 6. The number of carbonyl (C=O) groups excluding carboxylic acids is 3. The van der Waals surface area contributed by atoms with Crippen LogP contribution in [0.2, 0.25) is 0 Å². The Balaban J connectivity index is 2.74. The van der Waals surface area contributed by atoms with Crippen molar-refractivity contribution >= 4 is 17.8 Å². The van der Waals surface area contributed by atoms with Crippen LogP contribution in [-0.2, 0) is 19.1 Å². The quantitative estimate of drug-likeness (QED) is 0.431. The largest absolute Gasteiger partial charge is 0.489 e. The molecule has 1 N–H and O–H groups in total. The van der Waals surface area contributed by atoms with E-state index in [1.54, 1.807) is 0 Å². The zero-order chi connectivity index (χ0) is 13.5. The topological polar surface area (TPSA) is 99.5 Å². The van der Waals surface area contributed by atoms with Gasteiger partial charge in [-0.15, -0.1) is 0 Å². The van der Waals surface area contributed by atoms with Crippen LogP contribution in [-0.4, -0.2) is 41.9 Å². The molecule has 8 nitrogen and oxygen atoms in total. The van der Waals surface area contributed by atoms with E-state index in [-0.39, 0.29) is 17.9 Å². The number of nitrogens with one attached hydrogen (secondary N) is 1. The Morgan fingerprint density at radius 1 is 1.44 bits per heavy atom. The van der Waals surface area contributed by atoms with Gasteiger partial charge in [0.25, 0.3) is 0 Å². The fourth-order valence-electron chi connectivity index (χ4n) is 1.10. The molecule has 0 unspecified atom stereocenters. The van der Waals surface area contributed by atoms with Gasteiger partial charge in [0, 0.05) is 0 Å². The molecule has 1 aromatic heterocycles. The summed E-state index contributed by atoms with van der Waals surface area (Å²) >= 11 is 0. The zero-order valence-electron chi connectivity index (χ0n) is 9.80. The predicted octanol–water partition coefficient (Wildman–Crippen LogP) is -0.508. The first-order valence-electron chi connectivity index (χ1n) is 4.82. The van der Waals surface area contributed by atoms with E-state index in [4.69, 9.17) is 0 Å². The second-order valence-electron chi connectivity index (χ2n) is 3.06. The first-order valence-corrected chi connectivity index (χ1v) is 4.82. The predicted molar refractivity (Wildman–Crippen MR) is 58.8 cm³/mol. The maximum Gasteiger partial charge on any atom is 0.358 e. The standard InChI is InChI=1S/C10H11N3O5/c1-17-7(6-14)5-9(15)12-13-8(3-4-11-13)10(16)18-2/h3-4H,5H2,1-2H3,(H,12,15). The molecule has 1 heterocycles. The van der Waals surface area contributed by atoms with Crippen LogP contribution in [0.25, 0.3) is 0 Å². The number of rotatable bonds is 5. The minimum absolute atomic E-state index is 0.0555. The summed E-state index contributed by atoms with van der Waals surface area (Å²) in [6.45, 7) is 0. The van der Waals surface area contributed by atoms with Crippen LogP contribution < -0.4 is 5.43 Å². The van der Waals surface area contributed by atoms with E-state index in [0.29, 0.717) is 0 Å². The molecule has 0 aliphatic rings. The molecule has 1 aromatic rings. The summed E-state index contributed by atoms with van der Waals surface area (Å²) in [6.07, 6.45) is 1.01. The molecule has 0 aliphatic heterocycles. The summed E-state index contributed by atoms with van der Waals surface area (Å²) in [6, 6.07) is 1.37. The van der Waals surface area contributed by atoms with Gasteiger partial charge < -0.3 is 9.47 Å². The van der Waals surface area contributed by atoms with Crippen molar-refractivity contribution in [3.8, 4) is 0 Å². The summed E-state index contributed by atoms with van der Waals surface area (Å²) in [5.41, 5.74) is 2.35. The van der Waals surface area contributed by atoms with E-state index in [0.717, 1.165) is 4.79 Å². The molecule has 0 saturated carbocycles. The molecule has 96 valence electrons. The van der Waals surface area contributed by atoms with Crippen molar-refractivity contribution < 1.29 is 23.9 Å². The molecule has 0 atom stereocenters. The van der Waals surface area contributed by atoms with Crippen molar-refractivity contribution in [1.82, 2.24) is 9.89 Å². The zero-order valence-corrected chi connectivity index (χ0v) is 9.80. The third kappa shape index (κ3) is 3.19. The highest BCUT2D eigenvalue weighted by molar-refractivity contribution is 5.90. The van der Waals surface area contributed by atoms with E-state index < -0.39 is 11.9 Å². The monoisotopic (exact) mass is 253 g/mol. The number of aromatic nitrogens is 2. The van der Waals surface area contributed by atoms with Gasteiger partial charge in [-0.1, -0.05) is 0 Å². The van der Waals surface area contributed by atoms with Gasteiger partial charge in [-0.2, -0.15) is 9.89 Å². The fraction of sp³-hybridized carbons (Fsp3) is 0.300. The summed E-state index contributed by atoms with van der Waals surface area (Å²) in [5, 5.41) is 3.72. The number of nitrogens with zero attached hydrogens (tertiary/aromatic N) is 2. The van der Waals surface area contributed by atoms with E-state index in [1.807, 2.05) is 0 Å². The Kier molecular flexibility index (Phi) is 4.65. The molecule has 0 saturated heterocycles. The minimum Gasteiger partial charge on any atom is -0.489 e. The molecule has 0 aromatic carbocycles. The lowest BCUT2D eigenvalue weighted by atomic mass is 10.3. The van der Waals surface area contributed by atoms with Crippen molar-refractivity contribution in [3.05, 3.63) is 23.7 Å². The average Bonchev–Trinajstić information content (AvgIpc) is 2.82. The van der Waals surface area contributed by atoms with Gasteiger partial charge >= 0.3 is 5.97 Å². The van der Waals surface area contributed by atoms with Gasteiger partial charge in [0.05, 0.1) is 26.8 Å². The molecule has 1 amide bonds. The summed E-state index contributed by atoms with van der Waals surface area (Å²) in [5.74, 6) is 0.0926. The minimum atomic E-state index is -0.648. The van der Waals surface area contributed by atoms with Crippen LogP contribution in [0.4, 0.5) is 0 Å². The molecule has 0 aliphatic carbocycles. The molecule has 0 spiro atoms. The van der Waals surface area contributed by atoms with Crippen LogP contribution >= 0.6 is 0 Å². The van der Waals surface area contributed by atoms with Gasteiger partial charge in [-0.25, -0.2) is 15.0 Å². The summed E-state index contributed by atoms with van der Waals surface area (Å²) < 4.78 is 9.10. The van der Waals surface area contributed by atoms with E-state index >= 15 is 0 Å². The highest BCUT2D eigenvalue weighted by atomic mass is 16.5. The van der Waals surface area contributed by atoms with Crippen molar-refractivity contribution in [1.29, 1.82) is 0 Å². The van der Waals surface area contributed by atoms with Crippen molar-refractivity contribution in [3.63, 3.8) is 0 Å². The lowest BCUT2D eigenvalue weighted by Gasteiger charge is -2.07. The van der Waals surface area contributed by atoms with E-state index in [2.05, 4.69) is 20.0 Å². The average molecular weight is 253 g/mol. The maximum absolute atomic E-state index is 11.5. The van der Waals surface area contributed by atoms with Crippen LogP contribution in [0.3, 0.4) is 0 Å². The Bertz CT molecular complexity index is 501. The van der Waals surface area contributed by atoms with Crippen LogP contribution in [0.5, 0.6) is 0 Å². The second kappa shape index (κ2) is 6.21. The number of carbonyl (C=O) groups is 2. The van der Waals surface area contributed by atoms with Gasteiger partial charge in [0.1, 0.15) is 0 Å². The third-order valence-electron chi connectivity index (χ3n) is 1.95. The lowest BCUT2D eigenvalue weighted by Crippen LogP contribution is -2.27. The normalized spacial score (nSPS) is 9.22. The first-order chi connectivity index (χ1) is 8.62. The van der Waals surface area contributed by atoms with E-state index in [9.17, 15) is 14.4 Å². The molecule has 0 fully saturated rings. The van der Waals surface area contributed by atoms with Crippen LogP contribution in [0.1, 0.15) is 16.9 Å². The molecular weight excluding hydrogens is 242 g/mol. The fourth-order valence-corrected chi connectivity index (χ4v) is 1.10. The van der Waals surface area contributed by atoms with Crippen LogP contribution in [0.15, 0.2) is 18.0 Å². The number of amides is 1. The highest BCUT2D eigenvalue weighted by Gasteiger charge is 2.15. The smallest absolute Gasteiger partial charge is 0.358 e. The van der Waals surface area contributed by atoms with Crippen molar-refractivity contribution in [2.75, 3.05) is 19.6 Å². The highest BCUT2D eigenvalue weighted by Crippen LogP contribution is 2.01. The maximum atomic E-state index is 11.5. The molecule has 8 heteroatoms. The van der Waals surface area contributed by atoms with Crippen LogP contribution in [0, 0.1) is 0 Å². The Morgan fingerprint density at radius 3 is 2.72 bits per heavy atom. The van der Waals surface area contributed by atoms with E-state index in [1.165, 1.54) is 32.4 Å². The Hall–Kier alpha value is -2.60. The number of esters is 1. The summed E-state index contributed by atoms with van der Waals surface area (Å²) in [4.78, 5) is 34.1. The Morgan fingerprint density at radius 2 is 2.17 bits per heavy atom. The number of ether oxygens (including phenoxy) is 2. The number of methoxy groups -OCH3 is 2. The molecule has 0 radical (unpaired) electrons. The Labute approximate surface area is 102 Å².